The van der Waals surface area contributed by atoms with Crippen molar-refractivity contribution >= 4 is 9.84 Å². The van der Waals surface area contributed by atoms with Gasteiger partial charge in [-0.05, 0) is 38.8 Å². The van der Waals surface area contributed by atoms with E-state index in [2.05, 4.69) is 4.90 Å². The molecule has 0 atom stereocenters. The van der Waals surface area contributed by atoms with Gasteiger partial charge in [-0.3, -0.25) is 0 Å². The molecule has 2 rings (SSSR count). The van der Waals surface area contributed by atoms with E-state index in [-0.39, 0.29) is 5.54 Å². The van der Waals surface area contributed by atoms with E-state index >= 15 is 0 Å². The van der Waals surface area contributed by atoms with Crippen molar-refractivity contribution in [1.29, 1.82) is 0 Å². The lowest BCUT2D eigenvalue weighted by molar-refractivity contribution is 0.253. The normalized spacial score (nSPS) is 29.0. The summed E-state index contributed by atoms with van der Waals surface area (Å²) in [6.07, 6.45) is 6.58. The number of hydrogen-bond acceptors (Lipinski definition) is 4. The highest BCUT2D eigenvalue weighted by Gasteiger charge is 2.29. The van der Waals surface area contributed by atoms with E-state index < -0.39 is 9.84 Å². The van der Waals surface area contributed by atoms with Crippen molar-refractivity contribution in [3.05, 3.63) is 0 Å². The van der Waals surface area contributed by atoms with Gasteiger partial charge in [-0.2, -0.15) is 0 Å². The predicted octanol–water partition coefficient (Wildman–Crippen LogP) is 0.768. The molecule has 0 spiro atoms. The first-order valence-electron chi connectivity index (χ1n) is 6.71. The second kappa shape index (κ2) is 5.24. The van der Waals surface area contributed by atoms with Gasteiger partial charge < -0.3 is 10.6 Å². The van der Waals surface area contributed by atoms with Crippen molar-refractivity contribution in [3.8, 4) is 0 Å². The van der Waals surface area contributed by atoms with Crippen LogP contribution in [-0.2, 0) is 9.84 Å². The zero-order chi connectivity index (χ0) is 12.4. The first-order valence-corrected chi connectivity index (χ1v) is 8.53. The Balaban J connectivity index is 1.79. The molecule has 0 aromatic carbocycles. The molecule has 2 aliphatic rings. The van der Waals surface area contributed by atoms with Gasteiger partial charge in [0.15, 0.2) is 9.84 Å². The number of nitrogens with two attached hydrogens (primary N) is 1. The van der Waals surface area contributed by atoms with Crippen molar-refractivity contribution in [2.45, 2.75) is 44.1 Å². The summed E-state index contributed by atoms with van der Waals surface area (Å²) in [5, 5.41) is 0. The van der Waals surface area contributed by atoms with Crippen LogP contribution in [0.4, 0.5) is 0 Å². The van der Waals surface area contributed by atoms with E-state index in [9.17, 15) is 8.42 Å². The molecule has 0 aromatic rings. The largest absolute Gasteiger partial charge is 0.325 e. The van der Waals surface area contributed by atoms with E-state index in [1.54, 1.807) is 0 Å². The highest BCUT2D eigenvalue weighted by Crippen LogP contribution is 2.30. The van der Waals surface area contributed by atoms with Gasteiger partial charge in [0, 0.05) is 12.1 Å². The molecule has 0 aromatic heterocycles. The fraction of sp³-hybridized carbons (Fsp3) is 1.00. The lowest BCUT2D eigenvalue weighted by Crippen LogP contribution is -2.41. The Bertz CT molecular complexity index is 348. The van der Waals surface area contributed by atoms with Crippen LogP contribution in [0.1, 0.15) is 38.5 Å². The Kier molecular flexibility index (Phi) is 4.10. The van der Waals surface area contributed by atoms with E-state index in [0.717, 1.165) is 38.8 Å². The van der Waals surface area contributed by atoms with Crippen molar-refractivity contribution in [2.24, 2.45) is 5.73 Å². The molecular formula is C12H24N2O2S. The molecule has 4 nitrogen and oxygen atoms in total. The summed E-state index contributed by atoms with van der Waals surface area (Å²) in [7, 11) is -2.78. The molecule has 1 aliphatic carbocycles. The summed E-state index contributed by atoms with van der Waals surface area (Å²) in [5.74, 6) is 0.682. The van der Waals surface area contributed by atoms with Gasteiger partial charge in [-0.15, -0.1) is 0 Å². The Hall–Kier alpha value is -0.130. The van der Waals surface area contributed by atoms with Crippen molar-refractivity contribution in [1.82, 2.24) is 4.90 Å². The van der Waals surface area contributed by atoms with Crippen molar-refractivity contribution in [2.75, 3.05) is 31.1 Å². The zero-order valence-electron chi connectivity index (χ0n) is 10.5. The summed E-state index contributed by atoms with van der Waals surface area (Å²) in [4.78, 5) is 2.28. The maximum Gasteiger partial charge on any atom is 0.151 e. The summed E-state index contributed by atoms with van der Waals surface area (Å²) < 4.78 is 23.0. The van der Waals surface area contributed by atoms with Crippen LogP contribution in [0.3, 0.4) is 0 Å². The van der Waals surface area contributed by atoms with Gasteiger partial charge in [0.1, 0.15) is 0 Å². The van der Waals surface area contributed by atoms with Gasteiger partial charge in [0.2, 0.25) is 0 Å². The SMILES string of the molecule is NC1(CCN2CCCS(=O)(=O)CC2)CCCC1. The molecule has 17 heavy (non-hydrogen) atoms. The smallest absolute Gasteiger partial charge is 0.151 e. The fourth-order valence-electron chi connectivity index (χ4n) is 2.92. The Labute approximate surface area is 104 Å². The van der Waals surface area contributed by atoms with Gasteiger partial charge in [-0.25, -0.2) is 8.42 Å². The molecule has 0 bridgehead atoms. The molecule has 5 heteroatoms. The van der Waals surface area contributed by atoms with Gasteiger partial charge in [-0.1, -0.05) is 12.8 Å². The van der Waals surface area contributed by atoms with Crippen LogP contribution in [0.2, 0.25) is 0 Å². The van der Waals surface area contributed by atoms with E-state index in [1.807, 2.05) is 0 Å². The molecule has 1 saturated carbocycles. The average Bonchev–Trinajstić information content (AvgIpc) is 2.61. The molecule has 1 saturated heterocycles. The quantitative estimate of drug-likeness (QED) is 0.814. The number of hydrogen-bond donors (Lipinski definition) is 1. The molecule has 0 unspecified atom stereocenters. The predicted molar refractivity (Wildman–Crippen MR) is 69.7 cm³/mol. The first kappa shape index (κ1) is 13.3. The summed E-state index contributed by atoms with van der Waals surface area (Å²) in [5.41, 5.74) is 6.36. The number of nitrogens with zero attached hydrogens (tertiary/aromatic N) is 1. The van der Waals surface area contributed by atoms with Crippen LogP contribution >= 0.6 is 0 Å². The van der Waals surface area contributed by atoms with E-state index in [0.29, 0.717) is 18.1 Å². The highest BCUT2D eigenvalue weighted by molar-refractivity contribution is 7.91. The zero-order valence-corrected chi connectivity index (χ0v) is 11.3. The van der Waals surface area contributed by atoms with Crippen molar-refractivity contribution in [3.63, 3.8) is 0 Å². The number of rotatable bonds is 3. The lowest BCUT2D eigenvalue weighted by atomic mass is 9.94. The Morgan fingerprint density at radius 1 is 1.06 bits per heavy atom. The Morgan fingerprint density at radius 3 is 2.47 bits per heavy atom. The monoisotopic (exact) mass is 260 g/mol. The van der Waals surface area contributed by atoms with Crippen LogP contribution in [-0.4, -0.2) is 50.0 Å². The van der Waals surface area contributed by atoms with Crippen LogP contribution in [0.15, 0.2) is 0 Å². The third-order valence-electron chi connectivity index (χ3n) is 4.17. The van der Waals surface area contributed by atoms with Gasteiger partial charge in [0.25, 0.3) is 0 Å². The maximum atomic E-state index is 11.5. The molecule has 0 amide bonds. The fourth-order valence-corrected chi connectivity index (χ4v) is 4.23. The standard InChI is InChI=1S/C12H24N2O2S/c13-12(4-1-2-5-12)6-8-14-7-3-10-17(15,16)11-9-14/h1-11,13H2. The minimum Gasteiger partial charge on any atom is -0.325 e. The van der Waals surface area contributed by atoms with Gasteiger partial charge in [0.05, 0.1) is 11.5 Å². The van der Waals surface area contributed by atoms with Crippen LogP contribution < -0.4 is 5.73 Å². The third-order valence-corrected chi connectivity index (χ3v) is 5.89. The molecule has 2 fully saturated rings. The van der Waals surface area contributed by atoms with Crippen LogP contribution in [0, 0.1) is 0 Å². The summed E-state index contributed by atoms with van der Waals surface area (Å²) in [6, 6.07) is 0. The molecule has 100 valence electrons. The van der Waals surface area contributed by atoms with E-state index in [1.165, 1.54) is 12.8 Å². The first-order chi connectivity index (χ1) is 7.99. The van der Waals surface area contributed by atoms with Crippen LogP contribution in [0.25, 0.3) is 0 Å². The lowest BCUT2D eigenvalue weighted by Gasteiger charge is -2.28. The number of sulfone groups is 1. The second-order valence-corrected chi connectivity index (χ2v) is 7.97. The maximum absolute atomic E-state index is 11.5. The average molecular weight is 260 g/mol. The molecule has 1 aliphatic heterocycles. The minimum atomic E-state index is -2.78. The summed E-state index contributed by atoms with van der Waals surface area (Å²) in [6.45, 7) is 2.57. The second-order valence-electron chi connectivity index (χ2n) is 5.67. The molecule has 1 heterocycles. The molecule has 2 N–H and O–H groups in total. The Morgan fingerprint density at radius 2 is 1.76 bits per heavy atom. The van der Waals surface area contributed by atoms with Crippen molar-refractivity contribution < 1.29 is 8.42 Å². The van der Waals surface area contributed by atoms with Crippen LogP contribution in [0.5, 0.6) is 0 Å². The minimum absolute atomic E-state index is 0.0329. The molecule has 0 radical (unpaired) electrons. The highest BCUT2D eigenvalue weighted by atomic mass is 32.2. The molecular weight excluding hydrogens is 236 g/mol. The third kappa shape index (κ3) is 3.93. The summed E-state index contributed by atoms with van der Waals surface area (Å²) >= 11 is 0. The van der Waals surface area contributed by atoms with E-state index in [4.69, 9.17) is 5.73 Å². The topological polar surface area (TPSA) is 63.4 Å². The van der Waals surface area contributed by atoms with Gasteiger partial charge >= 0.3 is 0 Å².